The summed E-state index contributed by atoms with van der Waals surface area (Å²) < 4.78 is 1.18. The molecule has 1 rings (SSSR count). The molecule has 0 saturated carbocycles. The van der Waals surface area contributed by atoms with Gasteiger partial charge in [0.1, 0.15) is 0 Å². The van der Waals surface area contributed by atoms with Crippen LogP contribution in [-0.2, 0) is 4.79 Å². The highest BCUT2D eigenvalue weighted by Crippen LogP contribution is 2.13. The van der Waals surface area contributed by atoms with Crippen molar-refractivity contribution in [1.29, 1.82) is 0 Å². The third kappa shape index (κ3) is 3.91. The van der Waals surface area contributed by atoms with Crippen LogP contribution in [0.25, 0.3) is 0 Å². The summed E-state index contributed by atoms with van der Waals surface area (Å²) in [6, 6.07) is 0. The van der Waals surface area contributed by atoms with Crippen LogP contribution in [0.15, 0.2) is 10.6 Å². The van der Waals surface area contributed by atoms with Gasteiger partial charge < -0.3 is 5.32 Å². The first-order chi connectivity index (χ1) is 6.22. The van der Waals surface area contributed by atoms with Crippen LogP contribution in [0, 0.1) is 0 Å². The second kappa shape index (κ2) is 5.40. The Bertz CT molecular complexity index is 216. The molecule has 0 unspecified atom stereocenters. The summed E-state index contributed by atoms with van der Waals surface area (Å²) >= 11 is 3.45. The van der Waals surface area contributed by atoms with Gasteiger partial charge in [0.2, 0.25) is 5.91 Å². The first-order valence-corrected chi connectivity index (χ1v) is 5.35. The fraction of sp³-hybridized carbons (Fsp3) is 0.667. The van der Waals surface area contributed by atoms with E-state index in [1.807, 2.05) is 6.92 Å². The average molecular weight is 247 g/mol. The lowest BCUT2D eigenvalue weighted by molar-refractivity contribution is -0.122. The predicted molar refractivity (Wildman–Crippen MR) is 56.8 cm³/mol. The molecule has 13 heavy (non-hydrogen) atoms. The van der Waals surface area contributed by atoms with Crippen molar-refractivity contribution in [2.75, 3.05) is 26.2 Å². The molecule has 0 saturated heterocycles. The Balaban J connectivity index is 2.29. The Hall–Kier alpha value is -0.350. The molecule has 1 aliphatic rings. The molecule has 3 nitrogen and oxygen atoms in total. The average Bonchev–Trinajstić information content (AvgIpc) is 2.04. The molecule has 0 aromatic heterocycles. The van der Waals surface area contributed by atoms with Crippen LogP contribution >= 0.6 is 15.9 Å². The summed E-state index contributed by atoms with van der Waals surface area (Å²) in [5, 5.41) is 2.79. The molecule has 1 aliphatic heterocycles. The minimum Gasteiger partial charge on any atom is -0.355 e. The van der Waals surface area contributed by atoms with Gasteiger partial charge in [0.05, 0.1) is 6.54 Å². The number of hydrogen-bond acceptors (Lipinski definition) is 2. The fourth-order valence-corrected chi connectivity index (χ4v) is 1.94. The van der Waals surface area contributed by atoms with Crippen LogP contribution in [-0.4, -0.2) is 37.0 Å². The molecule has 0 fully saturated rings. The topological polar surface area (TPSA) is 32.3 Å². The highest BCUT2D eigenvalue weighted by atomic mass is 79.9. The maximum absolute atomic E-state index is 11.2. The lowest BCUT2D eigenvalue weighted by Crippen LogP contribution is -2.39. The van der Waals surface area contributed by atoms with Crippen LogP contribution in [0.3, 0.4) is 0 Å². The van der Waals surface area contributed by atoms with E-state index in [4.69, 9.17) is 0 Å². The van der Waals surface area contributed by atoms with E-state index in [-0.39, 0.29) is 5.91 Å². The minimum atomic E-state index is 0.115. The fourth-order valence-electron chi connectivity index (χ4n) is 1.35. The standard InChI is InChI=1S/C9H15BrN2O/c1-2-11-9(13)7-12-5-3-4-8(10)6-12/h4H,2-3,5-7H2,1H3,(H,11,13). The van der Waals surface area contributed by atoms with Gasteiger partial charge in [-0.1, -0.05) is 22.0 Å². The number of nitrogens with zero attached hydrogens (tertiary/aromatic N) is 1. The van der Waals surface area contributed by atoms with Gasteiger partial charge in [-0.2, -0.15) is 0 Å². The first-order valence-electron chi connectivity index (χ1n) is 4.56. The molecule has 4 heteroatoms. The molecule has 0 bridgehead atoms. The Morgan fingerprint density at radius 2 is 2.54 bits per heavy atom. The van der Waals surface area contributed by atoms with Crippen molar-refractivity contribution >= 4 is 21.8 Å². The molecule has 0 radical (unpaired) electrons. The highest BCUT2D eigenvalue weighted by molar-refractivity contribution is 9.11. The highest BCUT2D eigenvalue weighted by Gasteiger charge is 2.13. The largest absolute Gasteiger partial charge is 0.355 e. The minimum absolute atomic E-state index is 0.115. The first kappa shape index (κ1) is 10.7. The monoisotopic (exact) mass is 246 g/mol. The van der Waals surface area contributed by atoms with Gasteiger partial charge >= 0.3 is 0 Å². The number of hydrogen-bond donors (Lipinski definition) is 1. The number of carbonyl (C=O) groups is 1. The summed E-state index contributed by atoms with van der Waals surface area (Å²) in [4.78, 5) is 13.4. The second-order valence-corrected chi connectivity index (χ2v) is 4.12. The molecule has 1 N–H and O–H groups in total. The van der Waals surface area contributed by atoms with Crippen molar-refractivity contribution in [3.63, 3.8) is 0 Å². The number of rotatable bonds is 3. The molecule has 0 aliphatic carbocycles. The van der Waals surface area contributed by atoms with Gasteiger partial charge in [-0.05, 0) is 13.3 Å². The van der Waals surface area contributed by atoms with Crippen LogP contribution in [0.1, 0.15) is 13.3 Å². The number of likely N-dealkylation sites (N-methyl/N-ethyl adjacent to an activating group) is 1. The number of carbonyl (C=O) groups excluding carboxylic acids is 1. The van der Waals surface area contributed by atoms with Gasteiger partial charge in [0.25, 0.3) is 0 Å². The lowest BCUT2D eigenvalue weighted by atomic mass is 10.2. The third-order valence-corrected chi connectivity index (χ3v) is 2.50. The third-order valence-electron chi connectivity index (χ3n) is 1.93. The molecule has 0 aromatic rings. The maximum Gasteiger partial charge on any atom is 0.234 e. The van der Waals surface area contributed by atoms with E-state index in [0.717, 1.165) is 19.5 Å². The SMILES string of the molecule is CCNC(=O)CN1CCC=C(Br)C1. The normalized spacial score (nSPS) is 18.2. The van der Waals surface area contributed by atoms with E-state index in [1.54, 1.807) is 0 Å². The molecule has 1 heterocycles. The zero-order chi connectivity index (χ0) is 9.68. The van der Waals surface area contributed by atoms with Gasteiger partial charge in [-0.3, -0.25) is 9.69 Å². The predicted octanol–water partition coefficient (Wildman–Crippen LogP) is 1.11. The van der Waals surface area contributed by atoms with E-state index < -0.39 is 0 Å². The maximum atomic E-state index is 11.2. The molecule has 1 amide bonds. The number of halogens is 1. The molecule has 74 valence electrons. The van der Waals surface area contributed by atoms with Crippen LogP contribution in [0.4, 0.5) is 0 Å². The summed E-state index contributed by atoms with van der Waals surface area (Å²) in [5.41, 5.74) is 0. The van der Waals surface area contributed by atoms with Gasteiger partial charge in [-0.25, -0.2) is 0 Å². The van der Waals surface area contributed by atoms with Crippen molar-refractivity contribution in [3.05, 3.63) is 10.6 Å². The summed E-state index contributed by atoms with van der Waals surface area (Å²) in [6.45, 7) is 4.99. The molecular formula is C9H15BrN2O. The van der Waals surface area contributed by atoms with Crippen LogP contribution < -0.4 is 5.32 Å². The van der Waals surface area contributed by atoms with E-state index in [2.05, 4.69) is 32.2 Å². The van der Waals surface area contributed by atoms with Gasteiger partial charge in [0, 0.05) is 24.1 Å². The van der Waals surface area contributed by atoms with E-state index in [9.17, 15) is 4.79 Å². The zero-order valence-electron chi connectivity index (χ0n) is 7.85. The number of amides is 1. The lowest BCUT2D eigenvalue weighted by Gasteiger charge is -2.24. The Morgan fingerprint density at radius 3 is 3.15 bits per heavy atom. The van der Waals surface area contributed by atoms with E-state index in [1.165, 1.54) is 4.48 Å². The van der Waals surface area contributed by atoms with Gasteiger partial charge in [-0.15, -0.1) is 0 Å². The molecule has 0 spiro atoms. The van der Waals surface area contributed by atoms with E-state index >= 15 is 0 Å². The van der Waals surface area contributed by atoms with Crippen molar-refractivity contribution < 1.29 is 4.79 Å². The second-order valence-electron chi connectivity index (χ2n) is 3.10. The Morgan fingerprint density at radius 1 is 1.77 bits per heavy atom. The van der Waals surface area contributed by atoms with Crippen molar-refractivity contribution in [1.82, 2.24) is 10.2 Å². The summed E-state index contributed by atoms with van der Waals surface area (Å²) in [7, 11) is 0. The molecule has 0 aromatic carbocycles. The Kier molecular flexibility index (Phi) is 4.45. The van der Waals surface area contributed by atoms with Gasteiger partial charge in [0.15, 0.2) is 0 Å². The smallest absolute Gasteiger partial charge is 0.234 e. The van der Waals surface area contributed by atoms with Crippen molar-refractivity contribution in [2.45, 2.75) is 13.3 Å². The van der Waals surface area contributed by atoms with Crippen molar-refractivity contribution in [3.8, 4) is 0 Å². The van der Waals surface area contributed by atoms with Crippen molar-refractivity contribution in [2.24, 2.45) is 0 Å². The summed E-state index contributed by atoms with van der Waals surface area (Å²) in [6.07, 6.45) is 3.19. The van der Waals surface area contributed by atoms with Crippen LogP contribution in [0.2, 0.25) is 0 Å². The summed E-state index contributed by atoms with van der Waals surface area (Å²) in [5.74, 6) is 0.115. The zero-order valence-corrected chi connectivity index (χ0v) is 9.43. The molecule has 0 atom stereocenters. The van der Waals surface area contributed by atoms with Crippen LogP contribution in [0.5, 0.6) is 0 Å². The number of nitrogens with one attached hydrogen (secondary N) is 1. The van der Waals surface area contributed by atoms with E-state index in [0.29, 0.717) is 13.1 Å². The Labute approximate surface area is 87.3 Å². The molecular weight excluding hydrogens is 232 g/mol. The quantitative estimate of drug-likeness (QED) is 0.810.